The first-order valence-electron chi connectivity index (χ1n) is 3.93. The summed E-state index contributed by atoms with van der Waals surface area (Å²) in [5.41, 5.74) is 0. The molecule has 2 heteroatoms. The van der Waals surface area contributed by atoms with Gasteiger partial charge in [-0.1, -0.05) is 0 Å². The van der Waals surface area contributed by atoms with Gasteiger partial charge in [0.25, 0.3) is 0 Å². The van der Waals surface area contributed by atoms with Gasteiger partial charge in [-0.2, -0.15) is 0 Å². The van der Waals surface area contributed by atoms with Gasteiger partial charge in [-0.25, -0.2) is 0 Å². The van der Waals surface area contributed by atoms with E-state index in [2.05, 4.69) is 6.92 Å². The quantitative estimate of drug-likeness (QED) is 0.751. The molecule has 0 fully saturated rings. The average Bonchev–Trinajstić information content (AvgIpc) is 2.07. The molecule has 0 saturated heterocycles. The van der Waals surface area contributed by atoms with Crippen molar-refractivity contribution in [1.82, 2.24) is 0 Å². The molecule has 1 aromatic carbocycles. The SMILES string of the molecule is CC[CH2][Sn](=[O])[c]1ccccc1. The predicted octanol–water partition coefficient (Wildman–Crippen LogP) is 1.73. The molecule has 0 aromatic heterocycles. The van der Waals surface area contributed by atoms with Crippen molar-refractivity contribution >= 4 is 23.3 Å². The molecule has 0 atom stereocenters. The first-order valence-corrected chi connectivity index (χ1v) is 8.54. The van der Waals surface area contributed by atoms with Crippen molar-refractivity contribution < 1.29 is 3.08 Å². The van der Waals surface area contributed by atoms with Crippen LogP contribution >= 0.6 is 0 Å². The van der Waals surface area contributed by atoms with E-state index in [1.807, 2.05) is 30.3 Å². The third-order valence-corrected chi connectivity index (χ3v) is 7.09. The fourth-order valence-electron chi connectivity index (χ4n) is 0.995. The molecule has 0 aliphatic rings. The van der Waals surface area contributed by atoms with E-state index < -0.39 is 19.7 Å². The number of benzene rings is 1. The van der Waals surface area contributed by atoms with Crippen LogP contribution in [0.5, 0.6) is 0 Å². The van der Waals surface area contributed by atoms with E-state index in [0.29, 0.717) is 0 Å². The van der Waals surface area contributed by atoms with E-state index in [1.54, 1.807) is 0 Å². The Morgan fingerprint density at radius 3 is 2.45 bits per heavy atom. The van der Waals surface area contributed by atoms with Crippen LogP contribution < -0.4 is 3.58 Å². The van der Waals surface area contributed by atoms with Crippen LogP contribution in [0.25, 0.3) is 0 Å². The summed E-state index contributed by atoms with van der Waals surface area (Å²) in [5.74, 6) is 0. The molecule has 0 bridgehead atoms. The Balaban J connectivity index is 2.69. The topological polar surface area (TPSA) is 17.1 Å². The van der Waals surface area contributed by atoms with Crippen LogP contribution in [0, 0.1) is 0 Å². The molecule has 1 rings (SSSR count). The number of rotatable bonds is 3. The fraction of sp³-hybridized carbons (Fsp3) is 0.333. The van der Waals surface area contributed by atoms with Gasteiger partial charge in [0.1, 0.15) is 0 Å². The van der Waals surface area contributed by atoms with Gasteiger partial charge in [-0.3, -0.25) is 0 Å². The summed E-state index contributed by atoms with van der Waals surface area (Å²) in [4.78, 5) is 0. The molecule has 1 nitrogen and oxygen atoms in total. The van der Waals surface area contributed by atoms with Gasteiger partial charge in [0.2, 0.25) is 0 Å². The zero-order valence-corrected chi connectivity index (χ0v) is 9.56. The molecule has 58 valence electrons. The molecule has 0 N–H and O–H groups in total. The molecule has 0 amide bonds. The van der Waals surface area contributed by atoms with Gasteiger partial charge in [0, 0.05) is 0 Å². The minimum absolute atomic E-state index is 0.937. The average molecular weight is 255 g/mol. The van der Waals surface area contributed by atoms with Crippen molar-refractivity contribution in [3.63, 3.8) is 0 Å². The summed E-state index contributed by atoms with van der Waals surface area (Å²) in [5, 5.41) is 0. The molecular weight excluding hydrogens is 243 g/mol. The van der Waals surface area contributed by atoms with Crippen LogP contribution in [0.1, 0.15) is 13.3 Å². The molecule has 0 unspecified atom stereocenters. The van der Waals surface area contributed by atoms with Crippen molar-refractivity contribution in [2.24, 2.45) is 0 Å². The fourth-order valence-corrected chi connectivity index (χ4v) is 4.73. The predicted molar refractivity (Wildman–Crippen MR) is 47.6 cm³/mol. The van der Waals surface area contributed by atoms with Gasteiger partial charge >= 0.3 is 74.5 Å². The first kappa shape index (κ1) is 8.91. The molecule has 0 heterocycles. The van der Waals surface area contributed by atoms with Crippen molar-refractivity contribution in [1.29, 1.82) is 0 Å². The normalized spacial score (nSPS) is 9.55. The summed E-state index contributed by atoms with van der Waals surface area (Å²) >= 11 is -2.34. The second kappa shape index (κ2) is 4.65. The Morgan fingerprint density at radius 1 is 1.27 bits per heavy atom. The van der Waals surface area contributed by atoms with E-state index in [0.717, 1.165) is 14.4 Å². The number of hydrogen-bond acceptors (Lipinski definition) is 1. The Morgan fingerprint density at radius 2 is 1.91 bits per heavy atom. The van der Waals surface area contributed by atoms with Crippen molar-refractivity contribution in [3.05, 3.63) is 30.3 Å². The van der Waals surface area contributed by atoms with Gasteiger partial charge in [-0.15, -0.1) is 0 Å². The van der Waals surface area contributed by atoms with Crippen LogP contribution in [0.15, 0.2) is 30.3 Å². The second-order valence-corrected chi connectivity index (χ2v) is 8.03. The summed E-state index contributed by atoms with van der Waals surface area (Å²) in [7, 11) is 0. The molecular formula is C9H12OSn. The van der Waals surface area contributed by atoms with E-state index >= 15 is 0 Å². The minimum atomic E-state index is -2.34. The summed E-state index contributed by atoms with van der Waals surface area (Å²) in [6, 6.07) is 9.85. The number of hydrogen-bond donors (Lipinski definition) is 0. The zero-order valence-electron chi connectivity index (χ0n) is 6.71. The molecule has 0 aliphatic heterocycles. The molecule has 11 heavy (non-hydrogen) atoms. The van der Waals surface area contributed by atoms with Crippen LogP contribution in [0.2, 0.25) is 4.44 Å². The van der Waals surface area contributed by atoms with Crippen molar-refractivity contribution in [2.45, 2.75) is 17.8 Å². The van der Waals surface area contributed by atoms with Crippen LogP contribution in [0.4, 0.5) is 0 Å². The third kappa shape index (κ3) is 2.73. The molecule has 0 aliphatic carbocycles. The van der Waals surface area contributed by atoms with E-state index in [4.69, 9.17) is 0 Å². The summed E-state index contributed by atoms with van der Waals surface area (Å²) < 4.78 is 13.6. The summed E-state index contributed by atoms with van der Waals surface area (Å²) in [6.07, 6.45) is 1.05. The maximum atomic E-state index is 11.5. The van der Waals surface area contributed by atoms with Crippen molar-refractivity contribution in [2.75, 3.05) is 0 Å². The van der Waals surface area contributed by atoms with Gasteiger partial charge < -0.3 is 0 Å². The monoisotopic (exact) mass is 256 g/mol. The van der Waals surface area contributed by atoms with Crippen LogP contribution in [-0.4, -0.2) is 19.7 Å². The molecule has 1 aromatic rings. The Kier molecular flexibility index (Phi) is 3.76. The first-order chi connectivity index (χ1) is 5.34. The Bertz CT molecular complexity index is 231. The zero-order chi connectivity index (χ0) is 8.10. The van der Waals surface area contributed by atoms with E-state index in [9.17, 15) is 3.08 Å². The third-order valence-electron chi connectivity index (χ3n) is 1.57. The van der Waals surface area contributed by atoms with Gasteiger partial charge in [0.15, 0.2) is 0 Å². The standard InChI is InChI=1S/C6H5.C3H7.O.Sn/c1-2-4-6-5-3-1;1-3-2;;/h1-5H;1,3H2,2H3;;. The maximum absolute atomic E-state index is 11.5. The van der Waals surface area contributed by atoms with Gasteiger partial charge in [-0.05, 0) is 0 Å². The van der Waals surface area contributed by atoms with Crippen LogP contribution in [-0.2, 0) is 3.08 Å². The van der Waals surface area contributed by atoms with E-state index in [1.165, 1.54) is 0 Å². The van der Waals surface area contributed by atoms with Gasteiger partial charge in [0.05, 0.1) is 0 Å². The Hall–Kier alpha value is -0.181. The van der Waals surface area contributed by atoms with E-state index in [-0.39, 0.29) is 0 Å². The molecule has 0 spiro atoms. The van der Waals surface area contributed by atoms with Crippen LogP contribution in [0.3, 0.4) is 0 Å². The molecule has 0 radical (unpaired) electrons. The second-order valence-electron chi connectivity index (χ2n) is 2.54. The van der Waals surface area contributed by atoms with Crippen molar-refractivity contribution in [3.8, 4) is 0 Å². The Labute approximate surface area is 74.6 Å². The summed E-state index contributed by atoms with van der Waals surface area (Å²) in [6.45, 7) is 2.08. The molecule has 0 saturated carbocycles.